The molecule has 0 bridgehead atoms. The van der Waals surface area contributed by atoms with Gasteiger partial charge in [0.2, 0.25) is 0 Å². The zero-order valence-electron chi connectivity index (χ0n) is 7.81. The Morgan fingerprint density at radius 3 is 2.67 bits per heavy atom. The molecule has 2 nitrogen and oxygen atoms in total. The molecule has 0 aliphatic carbocycles. The number of hydrogen-bond acceptors (Lipinski definition) is 2. The van der Waals surface area contributed by atoms with E-state index in [0.29, 0.717) is 15.6 Å². The monoisotopic (exact) mass is 304 g/mol. The van der Waals surface area contributed by atoms with Gasteiger partial charge in [0.05, 0.1) is 15.6 Å². The van der Waals surface area contributed by atoms with E-state index in [1.807, 2.05) is 25.2 Å². The third-order valence-electron chi connectivity index (χ3n) is 2.08. The Balaban J connectivity index is 2.81. The molecule has 2 aromatic rings. The number of nitrogens with one attached hydrogen (secondary N) is 1. The fraction of sp³-hybridized carbons (Fsp3) is 0.100. The third-order valence-corrected chi connectivity index (χ3v) is 3.79. The van der Waals surface area contributed by atoms with E-state index in [0.717, 1.165) is 15.7 Å². The molecule has 0 saturated heterocycles. The minimum absolute atomic E-state index is 0.471. The van der Waals surface area contributed by atoms with Crippen molar-refractivity contribution < 1.29 is 0 Å². The van der Waals surface area contributed by atoms with Crippen LogP contribution in [-0.2, 0) is 0 Å². The molecule has 78 valence electrons. The van der Waals surface area contributed by atoms with E-state index in [2.05, 4.69) is 26.2 Å². The van der Waals surface area contributed by atoms with Crippen LogP contribution in [0.2, 0.25) is 10.0 Å². The van der Waals surface area contributed by atoms with Crippen LogP contribution in [0, 0.1) is 0 Å². The minimum Gasteiger partial charge on any atom is -0.373 e. The highest BCUT2D eigenvalue weighted by molar-refractivity contribution is 9.10. The summed E-state index contributed by atoms with van der Waals surface area (Å²) in [6.07, 6.45) is 0. The maximum atomic E-state index is 6.11. The normalized spacial score (nSPS) is 10.7. The highest BCUT2D eigenvalue weighted by Crippen LogP contribution is 2.36. The quantitative estimate of drug-likeness (QED) is 0.793. The maximum absolute atomic E-state index is 6.11. The summed E-state index contributed by atoms with van der Waals surface area (Å²) in [4.78, 5) is 4.35. The molecule has 0 fully saturated rings. The van der Waals surface area contributed by atoms with Crippen LogP contribution in [0.15, 0.2) is 22.7 Å². The average Bonchev–Trinajstić information content (AvgIpc) is 2.26. The second-order valence-corrected chi connectivity index (χ2v) is 4.61. The molecular formula is C10H7BrCl2N2. The number of pyridine rings is 1. The van der Waals surface area contributed by atoms with E-state index < -0.39 is 0 Å². The van der Waals surface area contributed by atoms with Gasteiger partial charge in [0.25, 0.3) is 0 Å². The number of nitrogens with zero attached hydrogens (tertiary/aromatic N) is 1. The molecular weight excluding hydrogens is 299 g/mol. The SMILES string of the molecule is CNc1ccc2cc(Br)c(Cl)c(Cl)c2n1. The van der Waals surface area contributed by atoms with Gasteiger partial charge in [-0.1, -0.05) is 23.2 Å². The topological polar surface area (TPSA) is 24.9 Å². The van der Waals surface area contributed by atoms with Crippen LogP contribution in [0.25, 0.3) is 10.9 Å². The van der Waals surface area contributed by atoms with Crippen LogP contribution < -0.4 is 5.32 Å². The summed E-state index contributed by atoms with van der Waals surface area (Å²) in [6.45, 7) is 0. The van der Waals surface area contributed by atoms with Crippen LogP contribution in [-0.4, -0.2) is 12.0 Å². The predicted molar refractivity (Wildman–Crippen MR) is 69.0 cm³/mol. The van der Waals surface area contributed by atoms with Crippen molar-refractivity contribution in [1.82, 2.24) is 4.98 Å². The standard InChI is InChI=1S/C10H7BrCl2N2/c1-14-7-3-2-5-4-6(11)8(12)9(13)10(5)15-7/h2-4H,1H3,(H,14,15). The number of hydrogen-bond donors (Lipinski definition) is 1. The maximum Gasteiger partial charge on any atom is 0.126 e. The Bertz CT molecular complexity index is 528. The highest BCUT2D eigenvalue weighted by Gasteiger charge is 2.09. The molecule has 1 N–H and O–H groups in total. The zero-order valence-corrected chi connectivity index (χ0v) is 10.9. The van der Waals surface area contributed by atoms with Gasteiger partial charge in [-0.25, -0.2) is 4.98 Å². The van der Waals surface area contributed by atoms with Crippen LogP contribution in [0.1, 0.15) is 0 Å². The molecule has 2 rings (SSSR count). The summed E-state index contributed by atoms with van der Waals surface area (Å²) < 4.78 is 0.778. The van der Waals surface area contributed by atoms with Gasteiger partial charge in [-0.15, -0.1) is 0 Å². The van der Waals surface area contributed by atoms with Crippen molar-refractivity contribution in [2.24, 2.45) is 0 Å². The molecule has 0 aliphatic rings. The van der Waals surface area contributed by atoms with Gasteiger partial charge in [0.1, 0.15) is 5.82 Å². The summed E-state index contributed by atoms with van der Waals surface area (Å²) in [5.74, 6) is 0.766. The van der Waals surface area contributed by atoms with Crippen LogP contribution in [0.3, 0.4) is 0 Å². The van der Waals surface area contributed by atoms with Gasteiger partial charge in [-0.3, -0.25) is 0 Å². The summed E-state index contributed by atoms with van der Waals surface area (Å²) in [5, 5.41) is 4.87. The molecule has 1 heterocycles. The largest absolute Gasteiger partial charge is 0.373 e. The molecule has 0 atom stereocenters. The van der Waals surface area contributed by atoms with Crippen LogP contribution in [0.4, 0.5) is 5.82 Å². The second kappa shape index (κ2) is 4.16. The third kappa shape index (κ3) is 1.92. The van der Waals surface area contributed by atoms with E-state index in [1.165, 1.54) is 0 Å². The van der Waals surface area contributed by atoms with Gasteiger partial charge in [0, 0.05) is 16.9 Å². The van der Waals surface area contributed by atoms with Crippen molar-refractivity contribution in [2.75, 3.05) is 12.4 Å². The van der Waals surface area contributed by atoms with E-state index in [9.17, 15) is 0 Å². The number of halogens is 3. The molecule has 1 aromatic carbocycles. The molecule has 0 spiro atoms. The molecule has 0 aliphatic heterocycles. The van der Waals surface area contributed by atoms with Crippen molar-refractivity contribution in [3.63, 3.8) is 0 Å². The van der Waals surface area contributed by atoms with Gasteiger partial charge in [-0.05, 0) is 34.1 Å². The van der Waals surface area contributed by atoms with E-state index >= 15 is 0 Å². The molecule has 5 heteroatoms. The Morgan fingerprint density at radius 2 is 2.00 bits per heavy atom. The number of fused-ring (bicyclic) bond motifs is 1. The first-order chi connectivity index (χ1) is 7.13. The van der Waals surface area contributed by atoms with Crippen molar-refractivity contribution in [3.8, 4) is 0 Å². The molecule has 0 saturated carbocycles. The minimum atomic E-state index is 0.471. The molecule has 1 aromatic heterocycles. The van der Waals surface area contributed by atoms with E-state index in [1.54, 1.807) is 0 Å². The van der Waals surface area contributed by atoms with Crippen molar-refractivity contribution in [1.29, 1.82) is 0 Å². The summed E-state index contributed by atoms with van der Waals surface area (Å²) in [5.41, 5.74) is 0.705. The Morgan fingerprint density at radius 1 is 1.27 bits per heavy atom. The first-order valence-corrected chi connectivity index (χ1v) is 5.80. The fourth-order valence-corrected chi connectivity index (χ4v) is 2.27. The second-order valence-electron chi connectivity index (χ2n) is 3.00. The average molecular weight is 306 g/mol. The molecule has 15 heavy (non-hydrogen) atoms. The first kappa shape index (κ1) is 11.0. The number of benzene rings is 1. The summed E-state index contributed by atoms with van der Waals surface area (Å²) in [7, 11) is 1.81. The van der Waals surface area contributed by atoms with E-state index in [-0.39, 0.29) is 0 Å². The predicted octanol–water partition coefficient (Wildman–Crippen LogP) is 4.35. The van der Waals surface area contributed by atoms with Crippen molar-refractivity contribution in [3.05, 3.63) is 32.7 Å². The number of rotatable bonds is 1. The fourth-order valence-electron chi connectivity index (χ4n) is 1.31. The molecule has 0 unspecified atom stereocenters. The zero-order chi connectivity index (χ0) is 11.0. The van der Waals surface area contributed by atoms with Gasteiger partial charge in [0.15, 0.2) is 0 Å². The van der Waals surface area contributed by atoms with Gasteiger partial charge in [-0.2, -0.15) is 0 Å². The summed E-state index contributed by atoms with van der Waals surface area (Å²) >= 11 is 15.5. The highest BCUT2D eigenvalue weighted by atomic mass is 79.9. The van der Waals surface area contributed by atoms with Gasteiger partial charge >= 0.3 is 0 Å². The number of aromatic nitrogens is 1. The lowest BCUT2D eigenvalue weighted by Gasteiger charge is -2.06. The van der Waals surface area contributed by atoms with Crippen LogP contribution >= 0.6 is 39.1 Å². The van der Waals surface area contributed by atoms with Gasteiger partial charge < -0.3 is 5.32 Å². The van der Waals surface area contributed by atoms with Crippen molar-refractivity contribution >= 4 is 55.9 Å². The lowest BCUT2D eigenvalue weighted by Crippen LogP contribution is -1.92. The lowest BCUT2D eigenvalue weighted by molar-refractivity contribution is 1.34. The Kier molecular flexibility index (Phi) is 3.05. The Hall–Kier alpha value is -0.510. The lowest BCUT2D eigenvalue weighted by atomic mass is 10.2. The first-order valence-electron chi connectivity index (χ1n) is 4.25. The van der Waals surface area contributed by atoms with Crippen LogP contribution in [0.5, 0.6) is 0 Å². The smallest absolute Gasteiger partial charge is 0.126 e. The van der Waals surface area contributed by atoms with E-state index in [4.69, 9.17) is 23.2 Å². The molecule has 0 amide bonds. The Labute approximate surface area is 106 Å². The summed E-state index contributed by atoms with van der Waals surface area (Å²) in [6, 6.07) is 5.73. The molecule has 0 radical (unpaired) electrons. The van der Waals surface area contributed by atoms with Crippen molar-refractivity contribution in [2.45, 2.75) is 0 Å². The number of anilines is 1.